The molecule has 1 aromatic carbocycles. The number of nitrogens with two attached hydrogens (primary N) is 1. The van der Waals surface area contributed by atoms with Crippen molar-refractivity contribution in [2.24, 2.45) is 5.73 Å². The van der Waals surface area contributed by atoms with Gasteiger partial charge in [0.15, 0.2) is 0 Å². The predicted molar refractivity (Wildman–Crippen MR) is 82.2 cm³/mol. The van der Waals surface area contributed by atoms with Crippen molar-refractivity contribution in [3.05, 3.63) is 29.8 Å². The quantitative estimate of drug-likeness (QED) is 0.652. The molecule has 0 radical (unpaired) electrons. The number of hydrogen-bond acceptors (Lipinski definition) is 2. The van der Waals surface area contributed by atoms with Crippen molar-refractivity contribution in [1.29, 1.82) is 0 Å². The summed E-state index contributed by atoms with van der Waals surface area (Å²) in [6.45, 7) is 3.43. The molecule has 98 valence electrons. The monoisotopic (exact) mass is 262 g/mol. The van der Waals surface area contributed by atoms with Gasteiger partial charge >= 0.3 is 0 Å². The molecule has 0 aliphatic carbocycles. The van der Waals surface area contributed by atoms with E-state index in [0.717, 1.165) is 25.8 Å². The first kappa shape index (κ1) is 13.3. The molecule has 18 heavy (non-hydrogen) atoms. The van der Waals surface area contributed by atoms with Crippen LogP contribution in [0.1, 0.15) is 38.2 Å². The average Bonchev–Trinajstić information content (AvgIpc) is 2.36. The average molecular weight is 262 g/mol. The van der Waals surface area contributed by atoms with Crippen LogP contribution in [0.25, 0.3) is 0 Å². The van der Waals surface area contributed by atoms with Crippen LogP contribution in [-0.4, -0.2) is 17.6 Å². The van der Waals surface area contributed by atoms with Crippen molar-refractivity contribution in [3.63, 3.8) is 0 Å². The van der Waals surface area contributed by atoms with Gasteiger partial charge in [-0.1, -0.05) is 30.4 Å². The Morgan fingerprint density at radius 3 is 2.94 bits per heavy atom. The van der Waals surface area contributed by atoms with Crippen molar-refractivity contribution in [2.45, 2.75) is 45.1 Å². The Labute approximate surface area is 115 Å². The minimum atomic E-state index is 0.641. The van der Waals surface area contributed by atoms with Gasteiger partial charge in [-0.3, -0.25) is 0 Å². The fourth-order valence-electron chi connectivity index (χ4n) is 2.68. The normalized spacial score (nSPS) is 18.5. The largest absolute Gasteiger partial charge is 0.393 e. The van der Waals surface area contributed by atoms with E-state index < -0.39 is 0 Å². The molecule has 2 N–H and O–H groups in total. The summed E-state index contributed by atoms with van der Waals surface area (Å²) in [6, 6.07) is 9.42. The Morgan fingerprint density at radius 2 is 2.17 bits per heavy atom. The summed E-state index contributed by atoms with van der Waals surface area (Å²) in [4.78, 5) is 3.18. The zero-order chi connectivity index (χ0) is 13.0. The molecule has 2 nitrogen and oxygen atoms in total. The zero-order valence-electron chi connectivity index (χ0n) is 11.1. The van der Waals surface area contributed by atoms with Crippen molar-refractivity contribution < 1.29 is 0 Å². The Hall–Kier alpha value is -1.09. The molecule has 2 rings (SSSR count). The maximum absolute atomic E-state index is 5.53. The van der Waals surface area contributed by atoms with Gasteiger partial charge in [-0.15, -0.1) is 0 Å². The summed E-state index contributed by atoms with van der Waals surface area (Å²) in [7, 11) is 0. The molecule has 0 saturated heterocycles. The van der Waals surface area contributed by atoms with Gasteiger partial charge in [0.2, 0.25) is 0 Å². The van der Waals surface area contributed by atoms with E-state index in [-0.39, 0.29) is 0 Å². The van der Waals surface area contributed by atoms with E-state index in [0.29, 0.717) is 11.0 Å². The van der Waals surface area contributed by atoms with Gasteiger partial charge < -0.3 is 10.6 Å². The molecule has 1 heterocycles. The Bertz CT molecular complexity index is 417. The maximum Gasteiger partial charge on any atom is 0.0727 e. The first-order valence-corrected chi connectivity index (χ1v) is 7.22. The number of para-hydroxylation sites is 1. The standard InChI is InChI=1S/C15H22N2S/c1-12-9-10-13-6-2-3-7-14(13)17(12)11-5-4-8-15(16)18/h2-3,6-7,12H,4-5,8-11H2,1H3,(H2,16,18). The van der Waals surface area contributed by atoms with Crippen LogP contribution in [0.2, 0.25) is 0 Å². The lowest BCUT2D eigenvalue weighted by molar-refractivity contribution is 0.547. The van der Waals surface area contributed by atoms with E-state index >= 15 is 0 Å². The third kappa shape index (κ3) is 3.22. The fourth-order valence-corrected chi connectivity index (χ4v) is 2.83. The topological polar surface area (TPSA) is 29.3 Å². The van der Waals surface area contributed by atoms with E-state index in [1.165, 1.54) is 24.1 Å². The number of rotatable bonds is 5. The molecule has 1 aliphatic rings. The van der Waals surface area contributed by atoms with Crippen LogP contribution < -0.4 is 10.6 Å². The number of unbranched alkanes of at least 4 members (excludes halogenated alkanes) is 1. The van der Waals surface area contributed by atoms with Crippen LogP contribution in [0, 0.1) is 0 Å². The summed E-state index contributed by atoms with van der Waals surface area (Å²) in [5.74, 6) is 0. The third-order valence-electron chi connectivity index (χ3n) is 3.74. The molecule has 0 aromatic heterocycles. The molecule has 1 unspecified atom stereocenters. The van der Waals surface area contributed by atoms with Gasteiger partial charge in [-0.05, 0) is 50.7 Å². The second-order valence-corrected chi connectivity index (χ2v) is 5.66. The molecular formula is C15H22N2S. The van der Waals surface area contributed by atoms with Crippen LogP contribution in [0.15, 0.2) is 24.3 Å². The number of nitrogens with zero attached hydrogens (tertiary/aromatic N) is 1. The van der Waals surface area contributed by atoms with Gasteiger partial charge in [0.05, 0.1) is 4.99 Å². The number of fused-ring (bicyclic) bond motifs is 1. The van der Waals surface area contributed by atoms with E-state index in [1.807, 2.05) is 0 Å². The van der Waals surface area contributed by atoms with Crippen LogP contribution in [-0.2, 0) is 6.42 Å². The van der Waals surface area contributed by atoms with Crippen molar-refractivity contribution in [2.75, 3.05) is 11.4 Å². The lowest BCUT2D eigenvalue weighted by Gasteiger charge is -2.37. The fraction of sp³-hybridized carbons (Fsp3) is 0.533. The molecule has 0 fully saturated rings. The Balaban J connectivity index is 1.96. The second kappa shape index (κ2) is 6.19. The number of anilines is 1. The summed E-state index contributed by atoms with van der Waals surface area (Å²) >= 11 is 4.92. The summed E-state index contributed by atoms with van der Waals surface area (Å²) in [5.41, 5.74) is 8.45. The van der Waals surface area contributed by atoms with E-state index in [2.05, 4.69) is 36.1 Å². The predicted octanol–water partition coefficient (Wildman–Crippen LogP) is 3.28. The Kier molecular flexibility index (Phi) is 4.59. The third-order valence-corrected chi connectivity index (χ3v) is 3.94. The Morgan fingerprint density at radius 1 is 1.39 bits per heavy atom. The SMILES string of the molecule is CC1CCc2ccccc2N1CCCCC(N)=S. The summed E-state index contributed by atoms with van der Waals surface area (Å²) < 4.78 is 0. The minimum absolute atomic E-state index is 0.641. The molecule has 3 heteroatoms. The van der Waals surface area contributed by atoms with Crippen LogP contribution in [0.4, 0.5) is 5.69 Å². The van der Waals surface area contributed by atoms with Gasteiger partial charge in [-0.25, -0.2) is 0 Å². The second-order valence-electron chi connectivity index (χ2n) is 5.13. The van der Waals surface area contributed by atoms with Gasteiger partial charge in [0, 0.05) is 18.3 Å². The maximum atomic E-state index is 5.53. The molecule has 0 bridgehead atoms. The molecule has 0 amide bonds. The van der Waals surface area contributed by atoms with Crippen LogP contribution in [0.3, 0.4) is 0 Å². The lowest BCUT2D eigenvalue weighted by Crippen LogP contribution is -2.38. The minimum Gasteiger partial charge on any atom is -0.393 e. The lowest BCUT2D eigenvalue weighted by atomic mass is 9.96. The highest BCUT2D eigenvalue weighted by molar-refractivity contribution is 7.80. The smallest absolute Gasteiger partial charge is 0.0727 e. The highest BCUT2D eigenvalue weighted by Gasteiger charge is 2.21. The molecule has 1 atom stereocenters. The number of benzene rings is 1. The van der Waals surface area contributed by atoms with Crippen LogP contribution >= 0.6 is 12.2 Å². The molecule has 1 aliphatic heterocycles. The summed E-state index contributed by atoms with van der Waals surface area (Å²) in [5, 5.41) is 0. The van der Waals surface area contributed by atoms with Gasteiger partial charge in [-0.2, -0.15) is 0 Å². The number of aryl methyl sites for hydroxylation is 1. The summed E-state index contributed by atoms with van der Waals surface area (Å²) in [6.07, 6.45) is 5.60. The van der Waals surface area contributed by atoms with Crippen molar-refractivity contribution in [3.8, 4) is 0 Å². The molecular weight excluding hydrogens is 240 g/mol. The molecule has 0 saturated carbocycles. The number of thiocarbonyl (C=S) groups is 1. The highest BCUT2D eigenvalue weighted by Crippen LogP contribution is 2.30. The van der Waals surface area contributed by atoms with E-state index in [4.69, 9.17) is 18.0 Å². The number of hydrogen-bond donors (Lipinski definition) is 1. The van der Waals surface area contributed by atoms with Crippen LogP contribution in [0.5, 0.6) is 0 Å². The van der Waals surface area contributed by atoms with Gasteiger partial charge in [0.25, 0.3) is 0 Å². The molecule has 0 spiro atoms. The van der Waals surface area contributed by atoms with Crippen molar-refractivity contribution in [1.82, 2.24) is 0 Å². The van der Waals surface area contributed by atoms with E-state index in [9.17, 15) is 0 Å². The highest BCUT2D eigenvalue weighted by atomic mass is 32.1. The first-order valence-electron chi connectivity index (χ1n) is 6.81. The molecule has 1 aromatic rings. The first-order chi connectivity index (χ1) is 8.68. The van der Waals surface area contributed by atoms with Crippen molar-refractivity contribution >= 4 is 22.9 Å². The van der Waals surface area contributed by atoms with Gasteiger partial charge in [0.1, 0.15) is 0 Å². The van der Waals surface area contributed by atoms with E-state index in [1.54, 1.807) is 0 Å². The zero-order valence-corrected chi connectivity index (χ0v) is 11.9.